The molecule has 3 fully saturated rings. The lowest BCUT2D eigenvalue weighted by Crippen LogP contribution is -2.44. The molecule has 2 saturated heterocycles. The zero-order valence-electron chi connectivity index (χ0n) is 13.2. The van der Waals surface area contributed by atoms with Gasteiger partial charge in [0, 0.05) is 19.1 Å². The Balaban J connectivity index is 1.37. The molecule has 3 aliphatic rings. The van der Waals surface area contributed by atoms with Crippen LogP contribution in [-0.2, 0) is 4.74 Å². The lowest BCUT2D eigenvalue weighted by Gasteiger charge is -2.34. The first-order valence-electron chi connectivity index (χ1n) is 8.86. The largest absolute Gasteiger partial charge is 0.370 e. The Morgan fingerprint density at radius 2 is 1.85 bits per heavy atom. The third-order valence-electron chi connectivity index (χ3n) is 5.78. The van der Waals surface area contributed by atoms with Gasteiger partial charge in [0.2, 0.25) is 0 Å². The number of nitrogens with zero attached hydrogens (tertiary/aromatic N) is 1. The summed E-state index contributed by atoms with van der Waals surface area (Å²) >= 11 is 0. The Bertz CT molecular complexity index is 301. The van der Waals surface area contributed by atoms with Crippen molar-refractivity contribution in [2.75, 3.05) is 26.7 Å². The second kappa shape index (κ2) is 6.76. The van der Waals surface area contributed by atoms with Crippen LogP contribution in [0.1, 0.15) is 64.2 Å². The van der Waals surface area contributed by atoms with Crippen molar-refractivity contribution in [2.45, 2.75) is 82.0 Å². The molecule has 2 aliphatic heterocycles. The van der Waals surface area contributed by atoms with Gasteiger partial charge < -0.3 is 15.0 Å². The molecule has 3 nitrogen and oxygen atoms in total. The van der Waals surface area contributed by atoms with Crippen LogP contribution in [0.2, 0.25) is 0 Å². The normalized spacial score (nSPS) is 34.6. The van der Waals surface area contributed by atoms with E-state index in [9.17, 15) is 0 Å². The summed E-state index contributed by atoms with van der Waals surface area (Å²) in [5.74, 6) is 0. The monoisotopic (exact) mass is 280 g/mol. The summed E-state index contributed by atoms with van der Waals surface area (Å²) in [5, 5.41) is 3.68. The first-order chi connectivity index (χ1) is 9.77. The lowest BCUT2D eigenvalue weighted by molar-refractivity contribution is -0.0626. The van der Waals surface area contributed by atoms with Crippen molar-refractivity contribution >= 4 is 0 Å². The van der Waals surface area contributed by atoms with Gasteiger partial charge in [-0.25, -0.2) is 0 Å². The Kier molecular flexibility index (Phi) is 5.00. The number of nitrogens with one attached hydrogen (secondary N) is 1. The molecule has 1 aliphatic carbocycles. The lowest BCUT2D eigenvalue weighted by atomic mass is 9.83. The Hall–Kier alpha value is -0.120. The molecule has 0 bridgehead atoms. The van der Waals surface area contributed by atoms with E-state index in [-0.39, 0.29) is 5.60 Å². The third-order valence-corrected chi connectivity index (χ3v) is 5.78. The molecule has 2 heterocycles. The van der Waals surface area contributed by atoms with Crippen LogP contribution < -0.4 is 5.32 Å². The summed E-state index contributed by atoms with van der Waals surface area (Å²) in [7, 11) is 2.27. The Labute approximate surface area is 124 Å². The van der Waals surface area contributed by atoms with Crippen LogP contribution in [0.25, 0.3) is 0 Å². The highest BCUT2D eigenvalue weighted by Gasteiger charge is 2.40. The van der Waals surface area contributed by atoms with Crippen molar-refractivity contribution in [3.8, 4) is 0 Å². The summed E-state index contributed by atoms with van der Waals surface area (Å²) in [6.07, 6.45) is 14.0. The van der Waals surface area contributed by atoms with Gasteiger partial charge in [-0.1, -0.05) is 25.7 Å². The molecule has 0 amide bonds. The van der Waals surface area contributed by atoms with E-state index >= 15 is 0 Å². The molecule has 2 unspecified atom stereocenters. The van der Waals surface area contributed by atoms with E-state index in [0.29, 0.717) is 6.10 Å². The molecule has 0 radical (unpaired) electrons. The molecule has 2 atom stereocenters. The summed E-state index contributed by atoms with van der Waals surface area (Å²) in [5.41, 5.74) is 0.284. The van der Waals surface area contributed by atoms with Crippen LogP contribution in [0.5, 0.6) is 0 Å². The van der Waals surface area contributed by atoms with Crippen molar-refractivity contribution in [1.29, 1.82) is 0 Å². The number of likely N-dealkylation sites (tertiary alicyclic amines) is 1. The van der Waals surface area contributed by atoms with Gasteiger partial charge in [-0.3, -0.25) is 0 Å². The van der Waals surface area contributed by atoms with Crippen molar-refractivity contribution in [2.24, 2.45) is 0 Å². The standard InChI is InChI=1S/C17H32N2O/c1-19-12-6-3-7-15(19)13-18-14-16-8-11-17(20-16)9-4-2-5-10-17/h15-16,18H,2-14H2,1H3. The quantitative estimate of drug-likeness (QED) is 0.857. The van der Waals surface area contributed by atoms with Crippen LogP contribution in [-0.4, -0.2) is 49.3 Å². The highest BCUT2D eigenvalue weighted by molar-refractivity contribution is 4.92. The fourth-order valence-corrected chi connectivity index (χ4v) is 4.42. The van der Waals surface area contributed by atoms with Gasteiger partial charge >= 0.3 is 0 Å². The van der Waals surface area contributed by atoms with Gasteiger partial charge in [0.05, 0.1) is 11.7 Å². The molecule has 0 aromatic rings. The minimum absolute atomic E-state index is 0.284. The molecule has 1 saturated carbocycles. The van der Waals surface area contributed by atoms with Gasteiger partial charge in [-0.15, -0.1) is 0 Å². The van der Waals surface area contributed by atoms with Gasteiger partial charge in [0.25, 0.3) is 0 Å². The first-order valence-corrected chi connectivity index (χ1v) is 8.86. The average molecular weight is 280 g/mol. The second-order valence-corrected chi connectivity index (χ2v) is 7.31. The topological polar surface area (TPSA) is 24.5 Å². The van der Waals surface area contributed by atoms with Gasteiger partial charge in [-0.05, 0) is 52.1 Å². The van der Waals surface area contributed by atoms with Crippen molar-refractivity contribution in [3.63, 3.8) is 0 Å². The first kappa shape index (κ1) is 14.8. The summed E-state index contributed by atoms with van der Waals surface area (Å²) < 4.78 is 6.43. The van der Waals surface area contributed by atoms with E-state index < -0.39 is 0 Å². The Morgan fingerprint density at radius 3 is 2.65 bits per heavy atom. The minimum atomic E-state index is 0.284. The number of likely N-dealkylation sites (N-methyl/N-ethyl adjacent to an activating group) is 1. The van der Waals surface area contributed by atoms with Crippen molar-refractivity contribution in [3.05, 3.63) is 0 Å². The fraction of sp³-hybridized carbons (Fsp3) is 1.00. The van der Waals surface area contributed by atoms with Gasteiger partial charge in [-0.2, -0.15) is 0 Å². The van der Waals surface area contributed by atoms with E-state index in [2.05, 4.69) is 17.3 Å². The molecule has 0 aromatic heterocycles. The highest BCUT2D eigenvalue weighted by Crippen LogP contribution is 2.41. The molecular formula is C17H32N2O. The molecule has 20 heavy (non-hydrogen) atoms. The summed E-state index contributed by atoms with van der Waals surface area (Å²) in [4.78, 5) is 2.52. The highest BCUT2D eigenvalue weighted by atomic mass is 16.5. The Morgan fingerprint density at radius 1 is 1.00 bits per heavy atom. The van der Waals surface area contributed by atoms with Crippen molar-refractivity contribution in [1.82, 2.24) is 10.2 Å². The number of piperidine rings is 1. The van der Waals surface area contributed by atoms with E-state index in [1.54, 1.807) is 0 Å². The average Bonchev–Trinajstić information content (AvgIpc) is 2.85. The molecule has 116 valence electrons. The molecule has 3 heteroatoms. The zero-order chi connectivity index (χ0) is 13.8. The number of rotatable bonds is 4. The van der Waals surface area contributed by atoms with Gasteiger partial charge in [0.1, 0.15) is 0 Å². The maximum absolute atomic E-state index is 6.43. The van der Waals surface area contributed by atoms with Crippen LogP contribution in [0.3, 0.4) is 0 Å². The maximum atomic E-state index is 6.43. The fourth-order valence-electron chi connectivity index (χ4n) is 4.42. The maximum Gasteiger partial charge on any atom is 0.0708 e. The number of ether oxygens (including phenoxy) is 1. The zero-order valence-corrected chi connectivity index (χ0v) is 13.2. The minimum Gasteiger partial charge on any atom is -0.370 e. The van der Waals surface area contributed by atoms with Crippen molar-refractivity contribution < 1.29 is 4.74 Å². The summed E-state index contributed by atoms with van der Waals surface area (Å²) in [6, 6.07) is 0.744. The smallest absolute Gasteiger partial charge is 0.0708 e. The molecular weight excluding hydrogens is 248 g/mol. The third kappa shape index (κ3) is 3.55. The predicted molar refractivity (Wildman–Crippen MR) is 83.1 cm³/mol. The van der Waals surface area contributed by atoms with E-state index in [1.807, 2.05) is 0 Å². The molecule has 0 aromatic carbocycles. The molecule has 3 rings (SSSR count). The predicted octanol–water partition coefficient (Wildman–Crippen LogP) is 2.94. The molecule has 1 N–H and O–H groups in total. The van der Waals surface area contributed by atoms with E-state index in [0.717, 1.165) is 19.1 Å². The molecule has 1 spiro atoms. The van der Waals surface area contributed by atoms with Crippen LogP contribution >= 0.6 is 0 Å². The van der Waals surface area contributed by atoms with E-state index in [4.69, 9.17) is 4.74 Å². The van der Waals surface area contributed by atoms with Crippen LogP contribution in [0.4, 0.5) is 0 Å². The summed E-state index contributed by atoms with van der Waals surface area (Å²) in [6.45, 7) is 3.48. The van der Waals surface area contributed by atoms with E-state index in [1.165, 1.54) is 70.8 Å². The number of hydrogen-bond donors (Lipinski definition) is 1. The van der Waals surface area contributed by atoms with Gasteiger partial charge in [0.15, 0.2) is 0 Å². The van der Waals surface area contributed by atoms with Crippen LogP contribution in [0.15, 0.2) is 0 Å². The number of hydrogen-bond acceptors (Lipinski definition) is 3. The second-order valence-electron chi connectivity index (χ2n) is 7.31. The SMILES string of the molecule is CN1CCCCC1CNCC1CCC2(CCCCC2)O1. The van der Waals surface area contributed by atoms with Crippen LogP contribution in [0, 0.1) is 0 Å².